The summed E-state index contributed by atoms with van der Waals surface area (Å²) in [6.07, 6.45) is 3.86. The molecule has 0 atom stereocenters. The van der Waals surface area contributed by atoms with Crippen molar-refractivity contribution in [2.24, 2.45) is 11.7 Å². The molecule has 6 heteroatoms. The molecular formula is C15H22N2O2S2. The van der Waals surface area contributed by atoms with Crippen LogP contribution in [0.4, 0.5) is 0 Å². The molecular weight excluding hydrogens is 304 g/mol. The van der Waals surface area contributed by atoms with Crippen LogP contribution in [-0.4, -0.2) is 44.2 Å². The van der Waals surface area contributed by atoms with Gasteiger partial charge < -0.3 is 10.6 Å². The van der Waals surface area contributed by atoms with Gasteiger partial charge in [0.2, 0.25) is 0 Å². The maximum absolute atomic E-state index is 12.3. The lowest BCUT2D eigenvalue weighted by molar-refractivity contribution is 0.212. The lowest BCUT2D eigenvalue weighted by atomic mass is 9.85. The minimum absolute atomic E-state index is 0.142. The lowest BCUT2D eigenvalue weighted by Crippen LogP contribution is -2.33. The van der Waals surface area contributed by atoms with Crippen molar-refractivity contribution in [1.82, 2.24) is 4.90 Å². The van der Waals surface area contributed by atoms with Crippen LogP contribution in [0.2, 0.25) is 0 Å². The number of benzene rings is 1. The number of hydrogen-bond acceptors (Lipinski definition) is 4. The Morgan fingerprint density at radius 1 is 1.33 bits per heavy atom. The summed E-state index contributed by atoms with van der Waals surface area (Å²) >= 11 is 4.86. The average molecular weight is 326 g/mol. The average Bonchev–Trinajstić information content (AvgIpc) is 2.41. The molecule has 0 heterocycles. The van der Waals surface area contributed by atoms with Gasteiger partial charge in [0.25, 0.3) is 0 Å². The summed E-state index contributed by atoms with van der Waals surface area (Å²) < 4.78 is 24.6. The third-order valence-electron chi connectivity index (χ3n) is 4.03. The molecule has 1 aliphatic carbocycles. The number of sulfone groups is 1. The standard InChI is InChI=1S/C15H22N2O2S2/c1-17(11-12-3-2-4-12)9-10-21(18,19)14-7-5-13(6-8-14)15(16)20/h5-8,12H,2-4,9-11H2,1H3,(H2,16,20). The predicted octanol–water partition coefficient (Wildman–Crippen LogP) is 1.83. The summed E-state index contributed by atoms with van der Waals surface area (Å²) in [6, 6.07) is 6.48. The summed E-state index contributed by atoms with van der Waals surface area (Å²) in [5.41, 5.74) is 6.20. The van der Waals surface area contributed by atoms with Crippen molar-refractivity contribution in [3.05, 3.63) is 29.8 Å². The van der Waals surface area contributed by atoms with Gasteiger partial charge in [-0.3, -0.25) is 0 Å². The van der Waals surface area contributed by atoms with Gasteiger partial charge >= 0.3 is 0 Å². The maximum atomic E-state index is 12.3. The monoisotopic (exact) mass is 326 g/mol. The summed E-state index contributed by atoms with van der Waals surface area (Å²) in [6.45, 7) is 1.56. The van der Waals surface area contributed by atoms with Crippen LogP contribution in [0.1, 0.15) is 24.8 Å². The summed E-state index contributed by atoms with van der Waals surface area (Å²) in [7, 11) is -1.26. The largest absolute Gasteiger partial charge is 0.389 e. The van der Waals surface area contributed by atoms with E-state index in [1.54, 1.807) is 24.3 Å². The van der Waals surface area contributed by atoms with Gasteiger partial charge in [-0.15, -0.1) is 0 Å². The molecule has 0 aromatic heterocycles. The molecule has 2 N–H and O–H groups in total. The fourth-order valence-electron chi connectivity index (χ4n) is 2.43. The smallest absolute Gasteiger partial charge is 0.179 e. The maximum Gasteiger partial charge on any atom is 0.179 e. The zero-order chi connectivity index (χ0) is 15.5. The second-order valence-electron chi connectivity index (χ2n) is 5.77. The van der Waals surface area contributed by atoms with E-state index in [0.717, 1.165) is 12.5 Å². The van der Waals surface area contributed by atoms with E-state index >= 15 is 0 Å². The highest BCUT2D eigenvalue weighted by molar-refractivity contribution is 7.91. The van der Waals surface area contributed by atoms with Gasteiger partial charge in [-0.1, -0.05) is 30.8 Å². The summed E-state index contributed by atoms with van der Waals surface area (Å²) in [5, 5.41) is 0. The van der Waals surface area contributed by atoms with Gasteiger partial charge in [0, 0.05) is 18.7 Å². The molecule has 0 amide bonds. The third-order valence-corrected chi connectivity index (χ3v) is 5.98. The number of nitrogens with zero attached hydrogens (tertiary/aromatic N) is 1. The molecule has 2 rings (SSSR count). The zero-order valence-electron chi connectivity index (χ0n) is 12.3. The molecule has 0 aliphatic heterocycles. The fourth-order valence-corrected chi connectivity index (χ4v) is 3.90. The van der Waals surface area contributed by atoms with Gasteiger partial charge in [0.15, 0.2) is 9.84 Å². The molecule has 1 aromatic rings. The van der Waals surface area contributed by atoms with Crippen LogP contribution in [0.15, 0.2) is 29.2 Å². The Kier molecular flexibility index (Phi) is 5.35. The Morgan fingerprint density at radius 2 is 1.95 bits per heavy atom. The van der Waals surface area contributed by atoms with Crippen LogP contribution in [-0.2, 0) is 9.84 Å². The van der Waals surface area contributed by atoms with Crippen LogP contribution >= 0.6 is 12.2 Å². The van der Waals surface area contributed by atoms with Crippen molar-refractivity contribution in [3.8, 4) is 0 Å². The van der Waals surface area contributed by atoms with E-state index in [-0.39, 0.29) is 10.7 Å². The van der Waals surface area contributed by atoms with Crippen LogP contribution in [0, 0.1) is 5.92 Å². The van der Waals surface area contributed by atoms with Crippen LogP contribution in [0.25, 0.3) is 0 Å². The number of thiocarbonyl (C=S) groups is 1. The van der Waals surface area contributed by atoms with Gasteiger partial charge in [-0.05, 0) is 37.9 Å². The van der Waals surface area contributed by atoms with Gasteiger partial charge in [0.1, 0.15) is 4.99 Å². The molecule has 1 aliphatic rings. The minimum atomic E-state index is -3.25. The molecule has 0 unspecified atom stereocenters. The Balaban J connectivity index is 1.92. The second kappa shape index (κ2) is 6.85. The highest BCUT2D eigenvalue weighted by Crippen LogP contribution is 2.26. The summed E-state index contributed by atoms with van der Waals surface area (Å²) in [4.78, 5) is 2.73. The molecule has 21 heavy (non-hydrogen) atoms. The van der Waals surface area contributed by atoms with E-state index < -0.39 is 9.84 Å². The van der Waals surface area contributed by atoms with E-state index in [0.29, 0.717) is 17.0 Å². The Hall–Kier alpha value is -0.980. The SMILES string of the molecule is CN(CCS(=O)(=O)c1ccc(C(N)=S)cc1)CC1CCC1. The first kappa shape index (κ1) is 16.4. The van der Waals surface area contributed by atoms with Crippen molar-refractivity contribution in [2.45, 2.75) is 24.2 Å². The first-order chi connectivity index (χ1) is 9.88. The molecule has 0 spiro atoms. The van der Waals surface area contributed by atoms with E-state index in [1.807, 2.05) is 7.05 Å². The molecule has 4 nitrogen and oxygen atoms in total. The minimum Gasteiger partial charge on any atom is -0.389 e. The molecule has 0 radical (unpaired) electrons. The highest BCUT2D eigenvalue weighted by atomic mass is 32.2. The summed E-state index contributed by atoms with van der Waals surface area (Å²) in [5.74, 6) is 0.894. The van der Waals surface area contributed by atoms with E-state index in [9.17, 15) is 8.42 Å². The Morgan fingerprint density at radius 3 is 2.43 bits per heavy atom. The third kappa shape index (κ3) is 4.49. The topological polar surface area (TPSA) is 63.4 Å². The van der Waals surface area contributed by atoms with Crippen molar-refractivity contribution in [3.63, 3.8) is 0 Å². The molecule has 1 aromatic carbocycles. The van der Waals surface area contributed by atoms with E-state index in [4.69, 9.17) is 18.0 Å². The van der Waals surface area contributed by atoms with Gasteiger partial charge in [0.05, 0.1) is 10.6 Å². The fraction of sp³-hybridized carbons (Fsp3) is 0.533. The Labute approximate surface area is 132 Å². The van der Waals surface area contributed by atoms with Crippen molar-refractivity contribution in [2.75, 3.05) is 25.9 Å². The van der Waals surface area contributed by atoms with Gasteiger partial charge in [-0.25, -0.2) is 8.42 Å². The molecule has 1 saturated carbocycles. The highest BCUT2D eigenvalue weighted by Gasteiger charge is 2.20. The Bertz CT molecular complexity index is 593. The van der Waals surface area contributed by atoms with Crippen molar-refractivity contribution < 1.29 is 8.42 Å². The van der Waals surface area contributed by atoms with E-state index in [2.05, 4.69) is 4.90 Å². The molecule has 0 bridgehead atoms. The van der Waals surface area contributed by atoms with Crippen LogP contribution in [0.3, 0.4) is 0 Å². The molecule has 0 saturated heterocycles. The normalized spacial score (nSPS) is 15.9. The van der Waals surface area contributed by atoms with Crippen molar-refractivity contribution >= 4 is 27.0 Å². The first-order valence-electron chi connectivity index (χ1n) is 7.19. The van der Waals surface area contributed by atoms with Crippen molar-refractivity contribution in [1.29, 1.82) is 0 Å². The second-order valence-corrected chi connectivity index (χ2v) is 8.32. The molecule has 116 valence electrons. The molecule has 1 fully saturated rings. The van der Waals surface area contributed by atoms with E-state index in [1.165, 1.54) is 19.3 Å². The zero-order valence-corrected chi connectivity index (χ0v) is 13.9. The number of rotatable bonds is 7. The van der Waals surface area contributed by atoms with Crippen LogP contribution in [0.5, 0.6) is 0 Å². The van der Waals surface area contributed by atoms with Gasteiger partial charge in [-0.2, -0.15) is 0 Å². The first-order valence-corrected chi connectivity index (χ1v) is 9.26. The lowest BCUT2D eigenvalue weighted by Gasteiger charge is -2.30. The number of nitrogens with two attached hydrogens (primary N) is 1. The quantitative estimate of drug-likeness (QED) is 0.775. The van der Waals surface area contributed by atoms with Crippen LogP contribution < -0.4 is 5.73 Å². The number of hydrogen-bond donors (Lipinski definition) is 1. The predicted molar refractivity (Wildman–Crippen MR) is 89.2 cm³/mol.